The fourth-order valence-electron chi connectivity index (χ4n) is 9.81. The molecule has 2 aliphatic heterocycles. The van der Waals surface area contributed by atoms with Crippen molar-refractivity contribution in [2.45, 2.75) is 40.0 Å². The van der Waals surface area contributed by atoms with E-state index >= 15 is 0 Å². The summed E-state index contributed by atoms with van der Waals surface area (Å²) in [6.45, 7) is 6.89. The Kier molecular flexibility index (Phi) is 7.86. The maximum absolute atomic E-state index is 2.51. The van der Waals surface area contributed by atoms with E-state index in [-0.39, 0.29) is 6.71 Å². The molecule has 0 saturated carbocycles. The zero-order chi connectivity index (χ0) is 38.2. The highest BCUT2D eigenvalue weighted by Gasteiger charge is 2.43. The van der Waals surface area contributed by atoms with Crippen LogP contribution in [0.5, 0.6) is 0 Å². The van der Waals surface area contributed by atoms with Gasteiger partial charge in [0, 0.05) is 34.1 Å². The van der Waals surface area contributed by atoms with Gasteiger partial charge in [-0.25, -0.2) is 0 Å². The molecule has 0 aliphatic carbocycles. The number of fused-ring (bicyclic) bond motifs is 10. The summed E-state index contributed by atoms with van der Waals surface area (Å²) in [5, 5.41) is 7.81. The van der Waals surface area contributed by atoms with Gasteiger partial charge in [0.2, 0.25) is 0 Å². The number of aryl methyl sites for hydroxylation is 3. The molecule has 0 spiro atoms. The molecule has 57 heavy (non-hydrogen) atoms. The zero-order valence-electron chi connectivity index (χ0n) is 32.8. The number of hydrogen-bond acceptors (Lipinski definition) is 2. The molecule has 0 fully saturated rings. The summed E-state index contributed by atoms with van der Waals surface area (Å²) >= 11 is 0. The minimum atomic E-state index is 0.129. The minimum absolute atomic E-state index is 0.129. The Morgan fingerprint density at radius 3 is 1.30 bits per heavy atom. The van der Waals surface area contributed by atoms with E-state index < -0.39 is 0 Å². The molecular formula is C54H43BN2. The third kappa shape index (κ3) is 5.18. The smallest absolute Gasteiger partial charge is 0.252 e. The van der Waals surface area contributed by atoms with Crippen LogP contribution in [-0.2, 0) is 19.3 Å². The summed E-state index contributed by atoms with van der Waals surface area (Å²) in [5.41, 5.74) is 18.1. The van der Waals surface area contributed by atoms with Crippen molar-refractivity contribution in [3.05, 3.63) is 187 Å². The molecule has 0 atom stereocenters. The van der Waals surface area contributed by atoms with Crippen molar-refractivity contribution in [1.29, 1.82) is 0 Å². The maximum Gasteiger partial charge on any atom is 0.252 e. The summed E-state index contributed by atoms with van der Waals surface area (Å²) in [4.78, 5) is 5.02. The van der Waals surface area contributed by atoms with Crippen molar-refractivity contribution in [2.75, 3.05) is 9.80 Å². The topological polar surface area (TPSA) is 6.48 Å². The number of nitrogens with zero attached hydrogens (tertiary/aromatic N) is 2. The molecule has 2 nitrogen and oxygen atoms in total. The van der Waals surface area contributed by atoms with Gasteiger partial charge in [-0.05, 0) is 150 Å². The van der Waals surface area contributed by atoms with Crippen LogP contribution < -0.4 is 26.2 Å². The second-order valence-electron chi connectivity index (χ2n) is 15.7. The van der Waals surface area contributed by atoms with Crippen molar-refractivity contribution >= 4 is 89.5 Å². The van der Waals surface area contributed by atoms with E-state index in [1.807, 2.05) is 0 Å². The maximum atomic E-state index is 2.51. The van der Waals surface area contributed by atoms with Crippen molar-refractivity contribution in [3.63, 3.8) is 0 Å². The van der Waals surface area contributed by atoms with Gasteiger partial charge in [-0.15, -0.1) is 0 Å². The Morgan fingerprint density at radius 1 is 0.351 bits per heavy atom. The van der Waals surface area contributed by atoms with Crippen molar-refractivity contribution in [1.82, 2.24) is 0 Å². The van der Waals surface area contributed by atoms with E-state index in [4.69, 9.17) is 0 Å². The van der Waals surface area contributed by atoms with Crippen LogP contribution in [0.4, 0.5) is 34.1 Å². The Morgan fingerprint density at radius 2 is 0.789 bits per heavy atom. The molecule has 0 radical (unpaired) electrons. The van der Waals surface area contributed by atoms with Gasteiger partial charge in [0.15, 0.2) is 0 Å². The molecule has 0 N–H and O–H groups in total. The van der Waals surface area contributed by atoms with E-state index in [9.17, 15) is 0 Å². The van der Waals surface area contributed by atoms with E-state index in [0.29, 0.717) is 0 Å². The molecule has 0 aromatic heterocycles. The second kappa shape index (κ2) is 13.3. The molecule has 0 bridgehead atoms. The van der Waals surface area contributed by atoms with Crippen molar-refractivity contribution in [3.8, 4) is 11.1 Å². The lowest BCUT2D eigenvalue weighted by atomic mass is 9.33. The van der Waals surface area contributed by atoms with E-state index in [1.165, 1.54) is 111 Å². The molecule has 0 unspecified atom stereocenters. The third-order valence-corrected chi connectivity index (χ3v) is 12.7. The first-order valence-corrected chi connectivity index (χ1v) is 20.6. The average Bonchev–Trinajstić information content (AvgIpc) is 3.28. The lowest BCUT2D eigenvalue weighted by molar-refractivity contribution is 1.13. The average molecular weight is 731 g/mol. The monoisotopic (exact) mass is 730 g/mol. The molecule has 9 aromatic rings. The van der Waals surface area contributed by atoms with Crippen molar-refractivity contribution < 1.29 is 0 Å². The lowest BCUT2D eigenvalue weighted by Crippen LogP contribution is -2.61. The van der Waals surface area contributed by atoms with Gasteiger partial charge in [0.05, 0.1) is 0 Å². The number of rotatable bonds is 6. The molecule has 0 amide bonds. The Bertz CT molecular complexity index is 3000. The SMILES string of the molecule is CCc1ccc(N2c3ccc(CC)cc3B3c4cc(CC)ccc4N(c4ccc(-c5ccc6c7ccccc7c7ccccc7c6c5)cc4)c4cccc2c43)cc1. The van der Waals surface area contributed by atoms with Crippen LogP contribution in [0.3, 0.4) is 0 Å². The van der Waals surface area contributed by atoms with Gasteiger partial charge < -0.3 is 9.80 Å². The van der Waals surface area contributed by atoms with Crippen LogP contribution in [-0.4, -0.2) is 6.71 Å². The zero-order valence-corrected chi connectivity index (χ0v) is 32.8. The molecule has 272 valence electrons. The minimum Gasteiger partial charge on any atom is -0.311 e. The standard InChI is InChI=1S/C54H43BN2/c1-4-35-18-25-40(26-19-35)56-50-30-20-36(5-2)32-48(50)55-49-33-37(6-3)21-31-51(49)57(53-17-11-16-52(56)54(53)55)41-27-22-38(23-28-41)39-24-29-46-44-14-8-7-12-42(44)43-13-9-10-15-45(43)47(46)34-39/h7-34H,4-6H2,1-3H3. The third-order valence-electron chi connectivity index (χ3n) is 12.7. The summed E-state index contributed by atoms with van der Waals surface area (Å²) in [5.74, 6) is 0. The van der Waals surface area contributed by atoms with Crippen LogP contribution >= 0.6 is 0 Å². The Balaban J connectivity index is 1.08. The van der Waals surface area contributed by atoms with Crippen LogP contribution in [0.25, 0.3) is 43.4 Å². The lowest BCUT2D eigenvalue weighted by Gasteiger charge is -2.44. The molecule has 11 rings (SSSR count). The molecule has 2 heterocycles. The van der Waals surface area contributed by atoms with Crippen molar-refractivity contribution in [2.24, 2.45) is 0 Å². The predicted octanol–water partition coefficient (Wildman–Crippen LogP) is 12.6. The highest BCUT2D eigenvalue weighted by molar-refractivity contribution is 7.00. The highest BCUT2D eigenvalue weighted by atomic mass is 15.2. The van der Waals surface area contributed by atoms with Gasteiger partial charge in [-0.2, -0.15) is 0 Å². The largest absolute Gasteiger partial charge is 0.311 e. The van der Waals surface area contributed by atoms with Gasteiger partial charge in [0.25, 0.3) is 6.71 Å². The molecule has 3 heteroatoms. The molecule has 0 saturated heterocycles. The Labute approximate surface area is 335 Å². The first kappa shape index (κ1) is 33.7. The van der Waals surface area contributed by atoms with Crippen LogP contribution in [0.1, 0.15) is 37.5 Å². The van der Waals surface area contributed by atoms with Crippen LogP contribution in [0.2, 0.25) is 0 Å². The summed E-state index contributed by atoms with van der Waals surface area (Å²) in [7, 11) is 0. The normalized spacial score (nSPS) is 12.9. The second-order valence-corrected chi connectivity index (χ2v) is 15.7. The molecule has 9 aromatic carbocycles. The highest BCUT2D eigenvalue weighted by Crippen LogP contribution is 2.45. The van der Waals surface area contributed by atoms with E-state index in [0.717, 1.165) is 19.3 Å². The van der Waals surface area contributed by atoms with Gasteiger partial charge in [0.1, 0.15) is 0 Å². The fourth-order valence-corrected chi connectivity index (χ4v) is 9.81. The summed E-state index contributed by atoms with van der Waals surface area (Å²) in [6.07, 6.45) is 3.03. The van der Waals surface area contributed by atoms with E-state index in [1.54, 1.807) is 0 Å². The van der Waals surface area contributed by atoms with Crippen LogP contribution in [0, 0.1) is 0 Å². The summed E-state index contributed by atoms with van der Waals surface area (Å²) < 4.78 is 0. The fraction of sp³-hybridized carbons (Fsp3) is 0.111. The van der Waals surface area contributed by atoms with Gasteiger partial charge in [-0.3, -0.25) is 0 Å². The number of benzene rings is 9. The van der Waals surface area contributed by atoms with Gasteiger partial charge >= 0.3 is 0 Å². The molecule has 2 aliphatic rings. The first-order valence-electron chi connectivity index (χ1n) is 20.6. The molecular weight excluding hydrogens is 687 g/mol. The quantitative estimate of drug-likeness (QED) is 0.124. The first-order chi connectivity index (χ1) is 28.1. The number of anilines is 6. The number of hydrogen-bond donors (Lipinski definition) is 0. The predicted molar refractivity (Wildman–Crippen MR) is 247 cm³/mol. The van der Waals surface area contributed by atoms with E-state index in [2.05, 4.69) is 200 Å². The van der Waals surface area contributed by atoms with Gasteiger partial charge in [-0.1, -0.05) is 136 Å². The summed E-state index contributed by atoms with van der Waals surface area (Å²) in [6, 6.07) is 64.4. The van der Waals surface area contributed by atoms with Crippen LogP contribution in [0.15, 0.2) is 170 Å². The Hall–Kier alpha value is -6.58.